The number of ether oxygens (including phenoxy) is 1. The van der Waals surface area contributed by atoms with Crippen LogP contribution in [0.3, 0.4) is 0 Å². The Morgan fingerprint density at radius 2 is 1.76 bits per heavy atom. The van der Waals surface area contributed by atoms with Gasteiger partial charge in [0.1, 0.15) is 12.3 Å². The quantitative estimate of drug-likeness (QED) is 0.440. The van der Waals surface area contributed by atoms with E-state index >= 15 is 0 Å². The SMILES string of the molecule is CC(=O)Oc1ccc(C(=O)N(Cc2nc(-c3ccc(Cl)cc3)no2)C(C)C)cc1. The minimum absolute atomic E-state index is 0.0958. The fourth-order valence-electron chi connectivity index (χ4n) is 2.67. The van der Waals surface area contributed by atoms with Crippen LogP contribution in [0.25, 0.3) is 11.4 Å². The molecule has 0 saturated heterocycles. The van der Waals surface area contributed by atoms with E-state index in [1.54, 1.807) is 53.4 Å². The second kappa shape index (κ2) is 8.87. The number of nitrogens with zero attached hydrogens (tertiary/aromatic N) is 3. The number of aromatic nitrogens is 2. The van der Waals surface area contributed by atoms with E-state index in [1.165, 1.54) is 6.92 Å². The van der Waals surface area contributed by atoms with Crippen molar-refractivity contribution in [1.82, 2.24) is 15.0 Å². The van der Waals surface area contributed by atoms with Crippen molar-refractivity contribution in [3.05, 3.63) is 65.0 Å². The number of benzene rings is 2. The van der Waals surface area contributed by atoms with Gasteiger partial charge in [-0.3, -0.25) is 9.59 Å². The Morgan fingerprint density at radius 3 is 2.34 bits per heavy atom. The predicted octanol–water partition coefficient (Wildman–Crippen LogP) is 4.37. The van der Waals surface area contributed by atoms with E-state index < -0.39 is 5.97 Å². The summed E-state index contributed by atoms with van der Waals surface area (Å²) < 4.78 is 10.3. The number of carbonyl (C=O) groups excluding carboxylic acids is 2. The molecule has 7 nitrogen and oxygen atoms in total. The van der Waals surface area contributed by atoms with E-state index in [1.807, 2.05) is 13.8 Å². The van der Waals surface area contributed by atoms with Gasteiger partial charge in [0.05, 0.1) is 0 Å². The maximum atomic E-state index is 13.0. The van der Waals surface area contributed by atoms with Gasteiger partial charge < -0.3 is 14.2 Å². The van der Waals surface area contributed by atoms with Crippen LogP contribution in [0, 0.1) is 0 Å². The minimum atomic E-state index is -0.416. The fraction of sp³-hybridized carbons (Fsp3) is 0.238. The molecular weight excluding hydrogens is 394 g/mol. The van der Waals surface area contributed by atoms with E-state index in [4.69, 9.17) is 20.9 Å². The van der Waals surface area contributed by atoms with Crippen molar-refractivity contribution in [1.29, 1.82) is 0 Å². The first-order valence-electron chi connectivity index (χ1n) is 9.01. The molecule has 0 spiro atoms. The van der Waals surface area contributed by atoms with Crippen molar-refractivity contribution in [2.45, 2.75) is 33.4 Å². The molecule has 150 valence electrons. The van der Waals surface area contributed by atoms with Gasteiger partial charge in [-0.15, -0.1) is 0 Å². The van der Waals surface area contributed by atoms with Crippen molar-refractivity contribution in [3.8, 4) is 17.1 Å². The molecule has 3 aromatic rings. The summed E-state index contributed by atoms with van der Waals surface area (Å²) in [5.41, 5.74) is 1.24. The lowest BCUT2D eigenvalue weighted by atomic mass is 10.1. The minimum Gasteiger partial charge on any atom is -0.427 e. The normalized spacial score (nSPS) is 10.8. The lowest BCUT2D eigenvalue weighted by Crippen LogP contribution is -2.36. The smallest absolute Gasteiger partial charge is 0.308 e. The molecule has 0 radical (unpaired) electrons. The molecule has 0 unspecified atom stereocenters. The summed E-state index contributed by atoms with van der Waals surface area (Å²) in [5.74, 6) is 0.531. The van der Waals surface area contributed by atoms with E-state index in [0.717, 1.165) is 5.56 Å². The number of rotatable bonds is 6. The lowest BCUT2D eigenvalue weighted by Gasteiger charge is -2.25. The van der Waals surface area contributed by atoms with E-state index in [9.17, 15) is 9.59 Å². The molecule has 2 aromatic carbocycles. The van der Waals surface area contributed by atoms with Crippen molar-refractivity contribution in [2.24, 2.45) is 0 Å². The second-order valence-corrected chi connectivity index (χ2v) is 7.10. The summed E-state index contributed by atoms with van der Waals surface area (Å²) in [6, 6.07) is 13.4. The molecule has 0 atom stereocenters. The molecular formula is C21H20ClN3O4. The Bertz CT molecular complexity index is 998. The molecule has 0 saturated carbocycles. The van der Waals surface area contributed by atoms with Crippen molar-refractivity contribution in [3.63, 3.8) is 0 Å². The van der Waals surface area contributed by atoms with Crippen molar-refractivity contribution in [2.75, 3.05) is 0 Å². The highest BCUT2D eigenvalue weighted by atomic mass is 35.5. The number of amides is 1. The summed E-state index contributed by atoms with van der Waals surface area (Å²) in [6.07, 6.45) is 0. The third-order valence-corrected chi connectivity index (χ3v) is 4.38. The van der Waals surface area contributed by atoms with Crippen LogP contribution >= 0.6 is 11.6 Å². The molecule has 1 heterocycles. The Labute approximate surface area is 173 Å². The standard InChI is InChI=1S/C21H20ClN3O4/c1-13(2)25(21(27)16-6-10-18(11-7-16)28-14(3)26)12-19-23-20(24-29-19)15-4-8-17(22)9-5-15/h4-11,13H,12H2,1-3H3. The summed E-state index contributed by atoms with van der Waals surface area (Å²) in [7, 11) is 0. The molecule has 0 fully saturated rings. The number of hydrogen-bond acceptors (Lipinski definition) is 6. The highest BCUT2D eigenvalue weighted by Crippen LogP contribution is 2.21. The predicted molar refractivity (Wildman–Crippen MR) is 108 cm³/mol. The van der Waals surface area contributed by atoms with Crippen LogP contribution in [0.1, 0.15) is 37.0 Å². The average molecular weight is 414 g/mol. The molecule has 0 bridgehead atoms. The molecule has 0 aliphatic carbocycles. The first-order chi connectivity index (χ1) is 13.8. The van der Waals surface area contributed by atoms with Crippen molar-refractivity contribution >= 4 is 23.5 Å². The summed E-state index contributed by atoms with van der Waals surface area (Å²) in [5, 5.41) is 4.60. The van der Waals surface area contributed by atoms with Crippen molar-refractivity contribution < 1.29 is 18.8 Å². The first kappa shape index (κ1) is 20.5. The van der Waals surface area contributed by atoms with Crippen LogP contribution in [-0.4, -0.2) is 33.0 Å². The molecule has 0 aliphatic rings. The van der Waals surface area contributed by atoms with Gasteiger partial charge >= 0.3 is 5.97 Å². The molecule has 3 rings (SSSR count). The van der Waals surface area contributed by atoms with Gasteiger partial charge in [0.15, 0.2) is 0 Å². The number of carbonyl (C=O) groups is 2. The zero-order chi connectivity index (χ0) is 21.0. The maximum Gasteiger partial charge on any atom is 0.308 e. The average Bonchev–Trinajstić information content (AvgIpc) is 3.15. The van der Waals surface area contributed by atoms with Crippen LogP contribution < -0.4 is 4.74 Å². The van der Waals surface area contributed by atoms with Gasteiger partial charge in [-0.05, 0) is 62.4 Å². The molecule has 0 aliphatic heterocycles. The molecule has 0 N–H and O–H groups in total. The number of esters is 1. The first-order valence-corrected chi connectivity index (χ1v) is 9.39. The number of halogens is 1. The summed E-state index contributed by atoms with van der Waals surface area (Å²) >= 11 is 5.90. The van der Waals surface area contributed by atoms with Gasteiger partial charge in [-0.1, -0.05) is 16.8 Å². The second-order valence-electron chi connectivity index (χ2n) is 6.66. The van der Waals surface area contributed by atoms with Crippen LogP contribution in [0.2, 0.25) is 5.02 Å². The van der Waals surface area contributed by atoms with Crippen LogP contribution in [0.5, 0.6) is 5.75 Å². The van der Waals surface area contributed by atoms with Gasteiger partial charge in [0.2, 0.25) is 11.7 Å². The van der Waals surface area contributed by atoms with E-state index in [-0.39, 0.29) is 18.5 Å². The van der Waals surface area contributed by atoms with Crippen LogP contribution in [-0.2, 0) is 11.3 Å². The molecule has 8 heteroatoms. The van der Waals surface area contributed by atoms with Crippen LogP contribution in [0.15, 0.2) is 53.1 Å². The maximum absolute atomic E-state index is 13.0. The Balaban J connectivity index is 1.75. The Hall–Kier alpha value is -3.19. The fourth-order valence-corrected chi connectivity index (χ4v) is 2.79. The van der Waals surface area contributed by atoms with Gasteiger partial charge in [-0.2, -0.15) is 4.98 Å². The monoisotopic (exact) mass is 413 g/mol. The van der Waals surface area contributed by atoms with Crippen LogP contribution in [0.4, 0.5) is 0 Å². The summed E-state index contributed by atoms with van der Waals surface area (Å²) in [4.78, 5) is 30.0. The zero-order valence-electron chi connectivity index (χ0n) is 16.3. The zero-order valence-corrected chi connectivity index (χ0v) is 17.0. The Kier molecular flexibility index (Phi) is 6.29. The lowest BCUT2D eigenvalue weighted by molar-refractivity contribution is -0.131. The third-order valence-electron chi connectivity index (χ3n) is 4.12. The Morgan fingerprint density at radius 1 is 1.10 bits per heavy atom. The number of hydrogen-bond donors (Lipinski definition) is 0. The molecule has 1 amide bonds. The third kappa shape index (κ3) is 5.20. The summed E-state index contributed by atoms with van der Waals surface area (Å²) in [6.45, 7) is 5.30. The highest BCUT2D eigenvalue weighted by Gasteiger charge is 2.22. The molecule has 1 aromatic heterocycles. The van der Waals surface area contributed by atoms with Gasteiger partial charge in [0.25, 0.3) is 5.91 Å². The highest BCUT2D eigenvalue weighted by molar-refractivity contribution is 6.30. The van der Waals surface area contributed by atoms with E-state index in [0.29, 0.717) is 28.1 Å². The van der Waals surface area contributed by atoms with E-state index in [2.05, 4.69) is 10.1 Å². The van der Waals surface area contributed by atoms with Gasteiger partial charge in [-0.25, -0.2) is 0 Å². The molecule has 29 heavy (non-hydrogen) atoms. The topological polar surface area (TPSA) is 85.5 Å². The van der Waals surface area contributed by atoms with Gasteiger partial charge in [0, 0.05) is 29.1 Å². The largest absolute Gasteiger partial charge is 0.427 e.